The number of para-hydroxylation sites is 2. The number of benzene rings is 3. The summed E-state index contributed by atoms with van der Waals surface area (Å²) in [7, 11) is 0. The van der Waals surface area contributed by atoms with Crippen molar-refractivity contribution >= 4 is 39.7 Å². The molecule has 0 aliphatic heterocycles. The van der Waals surface area contributed by atoms with E-state index in [-0.39, 0.29) is 12.2 Å². The fourth-order valence-electron chi connectivity index (χ4n) is 3.44. The number of hydrogen-bond donors (Lipinski definition) is 0. The highest BCUT2D eigenvalue weighted by atomic mass is 35.5. The van der Waals surface area contributed by atoms with Crippen molar-refractivity contribution in [2.24, 2.45) is 5.10 Å². The van der Waals surface area contributed by atoms with Crippen molar-refractivity contribution in [2.75, 3.05) is 6.61 Å². The van der Waals surface area contributed by atoms with Crippen LogP contribution in [0.25, 0.3) is 33.5 Å². The minimum atomic E-state index is -0.313. The average Bonchev–Trinajstić information content (AvgIpc) is 3.27. The third-order valence-electron chi connectivity index (χ3n) is 4.99. The molecule has 0 N–H and O–H groups in total. The molecule has 5 aromatic rings. The Kier molecular flexibility index (Phi) is 5.39. The highest BCUT2D eigenvalue weighted by molar-refractivity contribution is 6.32. The Morgan fingerprint density at radius 2 is 1.94 bits per heavy atom. The van der Waals surface area contributed by atoms with Gasteiger partial charge < -0.3 is 9.15 Å². The summed E-state index contributed by atoms with van der Waals surface area (Å²) in [6.45, 7) is 0.117. The SMILES string of the molecule is C#CCOc1ccc(C=Nn2c(-c3cc4ccccc4o3)nc3ccccc3c2=O)cc1Cl. The fourth-order valence-corrected chi connectivity index (χ4v) is 3.68. The lowest BCUT2D eigenvalue weighted by molar-refractivity contribution is 0.370. The number of terminal acetylenes is 1. The number of aromatic nitrogens is 2. The predicted molar refractivity (Wildman–Crippen MR) is 130 cm³/mol. The summed E-state index contributed by atoms with van der Waals surface area (Å²) in [4.78, 5) is 18.0. The molecule has 0 bridgehead atoms. The Bertz CT molecular complexity index is 1590. The lowest BCUT2D eigenvalue weighted by atomic mass is 10.2. The van der Waals surface area contributed by atoms with Crippen LogP contribution < -0.4 is 10.3 Å². The van der Waals surface area contributed by atoms with Gasteiger partial charge in [-0.1, -0.05) is 47.9 Å². The summed E-state index contributed by atoms with van der Waals surface area (Å²) < 4.78 is 12.6. The molecule has 160 valence electrons. The molecule has 0 aliphatic carbocycles. The standard InChI is InChI=1S/C26H16ClN3O3/c1-2-13-32-23-12-11-17(14-20(23)27)16-28-30-25(24-15-18-7-3-6-10-22(18)33-24)29-21-9-5-4-8-19(21)26(30)31/h1,3-12,14-16H,13H2. The average molecular weight is 454 g/mol. The first kappa shape index (κ1) is 20.6. The van der Waals surface area contributed by atoms with E-state index in [0.717, 1.165) is 5.39 Å². The number of fused-ring (bicyclic) bond motifs is 2. The third kappa shape index (κ3) is 3.98. The van der Waals surface area contributed by atoms with Gasteiger partial charge in [0.25, 0.3) is 5.56 Å². The predicted octanol–water partition coefficient (Wildman–Crippen LogP) is 5.36. The van der Waals surface area contributed by atoms with Crippen LogP contribution in [0.5, 0.6) is 5.75 Å². The largest absolute Gasteiger partial charge is 0.479 e. The van der Waals surface area contributed by atoms with Crippen LogP contribution in [-0.2, 0) is 0 Å². The van der Waals surface area contributed by atoms with Gasteiger partial charge in [0.1, 0.15) is 17.9 Å². The van der Waals surface area contributed by atoms with Gasteiger partial charge >= 0.3 is 0 Å². The van der Waals surface area contributed by atoms with E-state index in [0.29, 0.717) is 44.4 Å². The van der Waals surface area contributed by atoms with E-state index in [9.17, 15) is 4.79 Å². The normalized spacial score (nSPS) is 11.3. The van der Waals surface area contributed by atoms with Gasteiger partial charge in [0.05, 0.1) is 22.1 Å². The molecule has 0 saturated carbocycles. The maximum Gasteiger partial charge on any atom is 0.282 e. The molecule has 0 spiro atoms. The van der Waals surface area contributed by atoms with Gasteiger partial charge in [-0.25, -0.2) is 4.98 Å². The van der Waals surface area contributed by atoms with E-state index in [1.54, 1.807) is 36.4 Å². The zero-order chi connectivity index (χ0) is 22.8. The maximum atomic E-state index is 13.3. The van der Waals surface area contributed by atoms with E-state index in [1.807, 2.05) is 36.4 Å². The van der Waals surface area contributed by atoms with Gasteiger partial charge in [0.15, 0.2) is 5.76 Å². The highest BCUT2D eigenvalue weighted by Gasteiger charge is 2.16. The molecule has 6 nitrogen and oxygen atoms in total. The minimum absolute atomic E-state index is 0.117. The zero-order valence-corrected chi connectivity index (χ0v) is 18.0. The van der Waals surface area contributed by atoms with Crippen molar-refractivity contribution < 1.29 is 9.15 Å². The smallest absolute Gasteiger partial charge is 0.282 e. The van der Waals surface area contributed by atoms with Crippen LogP contribution in [0.3, 0.4) is 0 Å². The van der Waals surface area contributed by atoms with Crippen LogP contribution in [0.2, 0.25) is 5.02 Å². The summed E-state index contributed by atoms with van der Waals surface area (Å²) in [6.07, 6.45) is 6.75. The molecule has 2 aromatic heterocycles. The molecule has 0 atom stereocenters. The fraction of sp³-hybridized carbons (Fsp3) is 0.0385. The van der Waals surface area contributed by atoms with E-state index in [2.05, 4.69) is 16.0 Å². The Balaban J connectivity index is 1.63. The lowest BCUT2D eigenvalue weighted by Gasteiger charge is -2.08. The topological polar surface area (TPSA) is 69.6 Å². The molecule has 0 amide bonds. The van der Waals surface area contributed by atoms with Crippen molar-refractivity contribution in [1.29, 1.82) is 0 Å². The summed E-state index contributed by atoms with van der Waals surface area (Å²) >= 11 is 6.28. The molecule has 33 heavy (non-hydrogen) atoms. The van der Waals surface area contributed by atoms with Gasteiger partial charge in [-0.05, 0) is 48.0 Å². The second-order valence-corrected chi connectivity index (χ2v) is 7.55. The minimum Gasteiger partial charge on any atom is -0.479 e. The quantitative estimate of drug-likeness (QED) is 0.265. The van der Waals surface area contributed by atoms with Crippen LogP contribution in [-0.4, -0.2) is 22.5 Å². The Hall–Kier alpha value is -4.34. The van der Waals surface area contributed by atoms with Crippen molar-refractivity contribution in [3.05, 3.63) is 93.7 Å². The van der Waals surface area contributed by atoms with Gasteiger partial charge in [0, 0.05) is 5.39 Å². The number of nitrogens with zero attached hydrogens (tertiary/aromatic N) is 3. The highest BCUT2D eigenvalue weighted by Crippen LogP contribution is 2.27. The monoisotopic (exact) mass is 453 g/mol. The summed E-state index contributed by atoms with van der Waals surface area (Å²) in [5.74, 6) is 3.60. The van der Waals surface area contributed by atoms with Crippen molar-refractivity contribution in [3.63, 3.8) is 0 Å². The zero-order valence-electron chi connectivity index (χ0n) is 17.2. The van der Waals surface area contributed by atoms with E-state index in [1.165, 1.54) is 10.9 Å². The number of ether oxygens (including phenoxy) is 1. The summed E-state index contributed by atoms with van der Waals surface area (Å²) in [5, 5.41) is 6.17. The van der Waals surface area contributed by atoms with Crippen LogP contribution in [0, 0.1) is 12.3 Å². The van der Waals surface area contributed by atoms with Crippen LogP contribution in [0.1, 0.15) is 5.56 Å². The molecule has 0 radical (unpaired) electrons. The lowest BCUT2D eigenvalue weighted by Crippen LogP contribution is -2.20. The molecule has 3 aromatic carbocycles. The summed E-state index contributed by atoms with van der Waals surface area (Å²) in [5.41, 5.74) is 1.61. The molecular formula is C26H16ClN3O3. The molecule has 0 fully saturated rings. The van der Waals surface area contributed by atoms with Gasteiger partial charge in [-0.2, -0.15) is 9.78 Å². The van der Waals surface area contributed by atoms with Crippen LogP contribution >= 0.6 is 11.6 Å². The second-order valence-electron chi connectivity index (χ2n) is 7.15. The third-order valence-corrected chi connectivity index (χ3v) is 5.28. The Morgan fingerprint density at radius 3 is 2.76 bits per heavy atom. The first-order valence-corrected chi connectivity index (χ1v) is 10.4. The molecule has 7 heteroatoms. The number of rotatable bonds is 5. The Morgan fingerprint density at radius 1 is 1.12 bits per heavy atom. The van der Waals surface area contributed by atoms with Crippen molar-refractivity contribution in [3.8, 4) is 29.7 Å². The van der Waals surface area contributed by atoms with Crippen LogP contribution in [0.4, 0.5) is 0 Å². The van der Waals surface area contributed by atoms with Gasteiger partial charge in [-0.15, -0.1) is 6.42 Å². The molecule has 0 aliphatic rings. The number of halogens is 1. The maximum absolute atomic E-state index is 13.3. The van der Waals surface area contributed by atoms with Gasteiger partial charge in [-0.3, -0.25) is 4.79 Å². The van der Waals surface area contributed by atoms with Crippen molar-refractivity contribution in [2.45, 2.75) is 0 Å². The molecule has 0 saturated heterocycles. The first-order chi connectivity index (χ1) is 16.1. The van der Waals surface area contributed by atoms with Crippen LogP contribution in [0.15, 0.2) is 87.1 Å². The molecule has 5 rings (SSSR count). The number of furan rings is 1. The first-order valence-electron chi connectivity index (χ1n) is 10.0. The van der Waals surface area contributed by atoms with E-state index >= 15 is 0 Å². The second kappa shape index (κ2) is 8.65. The molecular weight excluding hydrogens is 438 g/mol. The van der Waals surface area contributed by atoms with Crippen molar-refractivity contribution in [1.82, 2.24) is 9.66 Å². The summed E-state index contributed by atoms with van der Waals surface area (Å²) in [6, 6.07) is 21.7. The van der Waals surface area contributed by atoms with E-state index in [4.69, 9.17) is 27.2 Å². The molecule has 0 unspecified atom stereocenters. The van der Waals surface area contributed by atoms with E-state index < -0.39 is 0 Å². The molecule has 2 heterocycles. The Labute approximate surface area is 193 Å². The number of hydrogen-bond acceptors (Lipinski definition) is 5. The van der Waals surface area contributed by atoms with Gasteiger partial charge in [0.2, 0.25) is 5.82 Å².